The molecule has 1 N–H and O–H groups in total. The molecule has 7 heteroatoms. The molecule has 2 unspecified atom stereocenters. The second-order valence-corrected chi connectivity index (χ2v) is 8.99. The maximum Gasteiger partial charge on any atom is 0.236 e. The summed E-state index contributed by atoms with van der Waals surface area (Å²) in [7, 11) is 0. The van der Waals surface area contributed by atoms with Crippen LogP contribution in [0.5, 0.6) is 0 Å². The first-order valence-corrected chi connectivity index (χ1v) is 11.5. The predicted molar refractivity (Wildman–Crippen MR) is 124 cm³/mol. The Balaban J connectivity index is 1.52. The van der Waals surface area contributed by atoms with Gasteiger partial charge in [0, 0.05) is 45.8 Å². The highest BCUT2D eigenvalue weighted by Crippen LogP contribution is 2.21. The lowest BCUT2D eigenvalue weighted by molar-refractivity contribution is -0.135. The molecule has 168 valence electrons. The molecule has 2 heterocycles. The van der Waals surface area contributed by atoms with Crippen LogP contribution in [-0.2, 0) is 11.3 Å². The number of carbonyl (C=O) groups excluding carboxylic acids is 1. The average Bonchev–Trinajstić information content (AvgIpc) is 2.76. The summed E-state index contributed by atoms with van der Waals surface area (Å²) in [4.78, 5) is 24.2. The second-order valence-electron chi connectivity index (χ2n) is 8.99. The Morgan fingerprint density at radius 2 is 1.87 bits per heavy atom. The first-order valence-electron chi connectivity index (χ1n) is 11.5. The summed E-state index contributed by atoms with van der Waals surface area (Å²) in [5.41, 5.74) is 1.69. The number of hydrogen-bond acceptors (Lipinski definition) is 4. The van der Waals surface area contributed by atoms with Crippen molar-refractivity contribution < 1.29 is 4.79 Å². The van der Waals surface area contributed by atoms with Gasteiger partial charge in [0.05, 0.1) is 24.7 Å². The molecule has 2 fully saturated rings. The minimum absolute atomic E-state index is 0.268. The quantitative estimate of drug-likeness (QED) is 0.579. The monoisotopic (exact) mass is 424 g/mol. The number of piperazine rings is 1. The van der Waals surface area contributed by atoms with E-state index in [0.717, 1.165) is 57.3 Å². The number of benzene rings is 1. The Morgan fingerprint density at radius 3 is 2.52 bits per heavy atom. The first-order chi connectivity index (χ1) is 15.0. The normalized spacial score (nSPS) is 22.8. The standard InChI is InChI=1S/C24H36N6O/c1-4-26-24(27-15-22-7-5-6-21(13-22)14-25)29-10-8-28(9-11-29)18-23(31)30-16-19(2)12-20(3)17-30/h5-7,13,19-20H,4,8-12,15-18H2,1-3H3,(H,26,27). The van der Waals surface area contributed by atoms with Crippen LogP contribution in [0, 0.1) is 23.2 Å². The Labute approximate surface area is 186 Å². The van der Waals surface area contributed by atoms with Crippen molar-refractivity contribution in [2.45, 2.75) is 33.7 Å². The van der Waals surface area contributed by atoms with Crippen molar-refractivity contribution >= 4 is 11.9 Å². The van der Waals surface area contributed by atoms with Gasteiger partial charge >= 0.3 is 0 Å². The highest BCUT2D eigenvalue weighted by atomic mass is 16.2. The van der Waals surface area contributed by atoms with Gasteiger partial charge in [-0.15, -0.1) is 0 Å². The molecule has 0 spiro atoms. The first kappa shape index (κ1) is 23.1. The van der Waals surface area contributed by atoms with E-state index in [2.05, 4.69) is 46.9 Å². The van der Waals surface area contributed by atoms with Gasteiger partial charge in [0.25, 0.3) is 0 Å². The van der Waals surface area contributed by atoms with E-state index < -0.39 is 0 Å². The van der Waals surface area contributed by atoms with Crippen molar-refractivity contribution in [2.75, 3.05) is 52.4 Å². The number of nitrogens with zero attached hydrogens (tertiary/aromatic N) is 5. The number of rotatable bonds is 5. The summed E-state index contributed by atoms with van der Waals surface area (Å²) < 4.78 is 0. The van der Waals surface area contributed by atoms with Crippen molar-refractivity contribution in [1.29, 1.82) is 5.26 Å². The zero-order valence-corrected chi connectivity index (χ0v) is 19.2. The molecule has 3 rings (SSSR count). The molecule has 1 amide bonds. The fraction of sp³-hybridized carbons (Fsp3) is 0.625. The lowest BCUT2D eigenvalue weighted by atomic mass is 9.92. The highest BCUT2D eigenvalue weighted by molar-refractivity contribution is 5.80. The van der Waals surface area contributed by atoms with Crippen molar-refractivity contribution in [2.24, 2.45) is 16.8 Å². The Bertz CT molecular complexity index is 799. The number of nitrogens with one attached hydrogen (secondary N) is 1. The molecule has 0 radical (unpaired) electrons. The summed E-state index contributed by atoms with van der Waals surface area (Å²) >= 11 is 0. The number of hydrogen-bond donors (Lipinski definition) is 1. The van der Waals surface area contributed by atoms with Gasteiger partial charge in [0.15, 0.2) is 5.96 Å². The van der Waals surface area contributed by atoms with E-state index in [4.69, 9.17) is 10.3 Å². The van der Waals surface area contributed by atoms with Crippen LogP contribution >= 0.6 is 0 Å². The van der Waals surface area contributed by atoms with E-state index in [1.54, 1.807) is 0 Å². The topological polar surface area (TPSA) is 75.0 Å². The van der Waals surface area contributed by atoms with Crippen LogP contribution in [0.3, 0.4) is 0 Å². The number of nitriles is 1. The molecule has 0 saturated carbocycles. The van der Waals surface area contributed by atoms with Gasteiger partial charge in [-0.25, -0.2) is 4.99 Å². The Kier molecular flexibility index (Phi) is 8.30. The molecule has 2 aliphatic heterocycles. The van der Waals surface area contributed by atoms with E-state index in [1.807, 2.05) is 24.3 Å². The number of piperidine rings is 1. The van der Waals surface area contributed by atoms with E-state index >= 15 is 0 Å². The van der Waals surface area contributed by atoms with Gasteiger partial charge in [-0.2, -0.15) is 5.26 Å². The third kappa shape index (κ3) is 6.70. The van der Waals surface area contributed by atoms with Crippen molar-refractivity contribution in [3.63, 3.8) is 0 Å². The van der Waals surface area contributed by atoms with Crippen LogP contribution < -0.4 is 5.32 Å². The fourth-order valence-corrected chi connectivity index (χ4v) is 4.61. The summed E-state index contributed by atoms with van der Waals surface area (Å²) in [5.74, 6) is 2.36. The summed E-state index contributed by atoms with van der Waals surface area (Å²) in [6.07, 6.45) is 1.22. The zero-order valence-electron chi connectivity index (χ0n) is 19.2. The predicted octanol–water partition coefficient (Wildman–Crippen LogP) is 2.15. The molecule has 1 aromatic carbocycles. The zero-order chi connectivity index (χ0) is 22.2. The van der Waals surface area contributed by atoms with Gasteiger partial charge in [0.2, 0.25) is 5.91 Å². The maximum atomic E-state index is 12.8. The largest absolute Gasteiger partial charge is 0.357 e. The van der Waals surface area contributed by atoms with E-state index in [0.29, 0.717) is 30.5 Å². The molecule has 31 heavy (non-hydrogen) atoms. The number of amides is 1. The summed E-state index contributed by atoms with van der Waals surface area (Å²) in [6.45, 7) is 13.6. The third-order valence-electron chi connectivity index (χ3n) is 6.05. The third-order valence-corrected chi connectivity index (χ3v) is 6.05. The highest BCUT2D eigenvalue weighted by Gasteiger charge is 2.28. The van der Waals surface area contributed by atoms with Crippen molar-refractivity contribution in [3.05, 3.63) is 35.4 Å². The van der Waals surface area contributed by atoms with Crippen LogP contribution in [0.15, 0.2) is 29.3 Å². The minimum atomic E-state index is 0.268. The van der Waals surface area contributed by atoms with E-state index in [-0.39, 0.29) is 5.91 Å². The number of likely N-dealkylation sites (tertiary alicyclic amines) is 1. The SMILES string of the molecule is CCNC(=NCc1cccc(C#N)c1)N1CCN(CC(=O)N2CC(C)CC(C)C2)CC1. The average molecular weight is 425 g/mol. The maximum absolute atomic E-state index is 12.8. The molecular formula is C24H36N6O. The fourth-order valence-electron chi connectivity index (χ4n) is 4.61. The van der Waals surface area contributed by atoms with Crippen molar-refractivity contribution in [3.8, 4) is 6.07 Å². The molecule has 0 bridgehead atoms. The van der Waals surface area contributed by atoms with Gasteiger partial charge < -0.3 is 15.1 Å². The van der Waals surface area contributed by atoms with E-state index in [9.17, 15) is 4.79 Å². The molecule has 0 aromatic heterocycles. The van der Waals surface area contributed by atoms with Gasteiger partial charge in [-0.1, -0.05) is 26.0 Å². The molecule has 2 saturated heterocycles. The molecule has 1 aromatic rings. The lowest BCUT2D eigenvalue weighted by Crippen LogP contribution is -2.55. The van der Waals surface area contributed by atoms with Gasteiger partial charge in [0.1, 0.15) is 0 Å². The summed E-state index contributed by atoms with van der Waals surface area (Å²) in [6, 6.07) is 9.78. The number of carbonyl (C=O) groups is 1. The van der Waals surface area contributed by atoms with Crippen LogP contribution in [0.2, 0.25) is 0 Å². The molecule has 7 nitrogen and oxygen atoms in total. The minimum Gasteiger partial charge on any atom is -0.357 e. The van der Waals surface area contributed by atoms with Crippen LogP contribution in [0.1, 0.15) is 38.3 Å². The van der Waals surface area contributed by atoms with E-state index in [1.165, 1.54) is 6.42 Å². The van der Waals surface area contributed by atoms with Gasteiger partial charge in [-0.3, -0.25) is 9.69 Å². The smallest absolute Gasteiger partial charge is 0.236 e. The van der Waals surface area contributed by atoms with Crippen LogP contribution in [0.25, 0.3) is 0 Å². The lowest BCUT2D eigenvalue weighted by Gasteiger charge is -2.39. The van der Waals surface area contributed by atoms with Crippen LogP contribution in [0.4, 0.5) is 0 Å². The molecule has 2 aliphatic rings. The molecule has 2 atom stereocenters. The molecular weight excluding hydrogens is 388 g/mol. The van der Waals surface area contributed by atoms with Crippen LogP contribution in [-0.4, -0.2) is 78.9 Å². The Hall–Kier alpha value is -2.59. The number of guanidine groups is 1. The Morgan fingerprint density at radius 1 is 1.16 bits per heavy atom. The second kappa shape index (κ2) is 11.1. The molecule has 0 aliphatic carbocycles. The van der Waals surface area contributed by atoms with Crippen molar-refractivity contribution in [1.82, 2.24) is 20.0 Å². The van der Waals surface area contributed by atoms with Gasteiger partial charge in [-0.05, 0) is 42.9 Å². The number of aliphatic imine (C=N–C) groups is 1. The summed E-state index contributed by atoms with van der Waals surface area (Å²) in [5, 5.41) is 12.5.